The highest BCUT2D eigenvalue weighted by atomic mass is 35.5. The van der Waals surface area contributed by atoms with Crippen molar-refractivity contribution in [1.29, 1.82) is 0 Å². The second-order valence-electron chi connectivity index (χ2n) is 8.97. The van der Waals surface area contributed by atoms with E-state index in [1.807, 2.05) is 6.92 Å². The number of anilines is 1. The van der Waals surface area contributed by atoms with Gasteiger partial charge in [0.25, 0.3) is 10.0 Å². The first kappa shape index (κ1) is 30.0. The van der Waals surface area contributed by atoms with E-state index in [-0.39, 0.29) is 28.1 Å². The van der Waals surface area contributed by atoms with E-state index in [1.165, 1.54) is 17.0 Å². The number of para-hydroxylation sites is 1. The molecule has 8 nitrogen and oxygen atoms in total. The number of nitrogens with zero attached hydrogens (tertiary/aromatic N) is 2. The molecule has 0 saturated carbocycles. The maximum Gasteiger partial charge on any atom is 0.264 e. The second-order valence-corrected chi connectivity index (χ2v) is 11.2. The second kappa shape index (κ2) is 14.0. The Balaban J connectivity index is 1.99. The van der Waals surface area contributed by atoms with Gasteiger partial charge in [0, 0.05) is 13.1 Å². The van der Waals surface area contributed by atoms with Crippen LogP contribution in [0.3, 0.4) is 0 Å². The Hall–Kier alpha value is -3.56. The summed E-state index contributed by atoms with van der Waals surface area (Å²) in [5.41, 5.74) is 0.924. The first-order valence-corrected chi connectivity index (χ1v) is 14.5. The minimum absolute atomic E-state index is 0.0183. The Kier molecular flexibility index (Phi) is 10.8. The number of amides is 2. The first-order chi connectivity index (χ1) is 18.7. The van der Waals surface area contributed by atoms with Crippen LogP contribution in [0, 0.1) is 0 Å². The van der Waals surface area contributed by atoms with Crippen molar-refractivity contribution in [1.82, 2.24) is 10.2 Å². The quantitative estimate of drug-likeness (QED) is 0.295. The predicted octanol–water partition coefficient (Wildman–Crippen LogP) is 4.88. The van der Waals surface area contributed by atoms with Gasteiger partial charge in [-0.2, -0.15) is 0 Å². The van der Waals surface area contributed by atoms with Gasteiger partial charge in [-0.3, -0.25) is 13.9 Å². The van der Waals surface area contributed by atoms with Crippen LogP contribution in [0.25, 0.3) is 0 Å². The third kappa shape index (κ3) is 7.74. The van der Waals surface area contributed by atoms with Crippen LogP contribution in [0.2, 0.25) is 5.02 Å². The Morgan fingerprint density at radius 2 is 1.62 bits per heavy atom. The summed E-state index contributed by atoms with van der Waals surface area (Å²) in [4.78, 5) is 28.3. The van der Waals surface area contributed by atoms with Crippen LogP contribution in [-0.4, -0.2) is 51.4 Å². The number of hydrogen-bond donors (Lipinski definition) is 1. The van der Waals surface area contributed by atoms with Gasteiger partial charge in [-0.25, -0.2) is 8.42 Å². The van der Waals surface area contributed by atoms with Gasteiger partial charge in [-0.1, -0.05) is 67.4 Å². The number of ether oxygens (including phenoxy) is 1. The van der Waals surface area contributed by atoms with E-state index in [0.717, 1.165) is 22.7 Å². The molecule has 1 atom stereocenters. The van der Waals surface area contributed by atoms with Gasteiger partial charge in [-0.05, 0) is 55.3 Å². The van der Waals surface area contributed by atoms with Crippen molar-refractivity contribution in [3.05, 3.63) is 89.4 Å². The van der Waals surface area contributed by atoms with Crippen LogP contribution in [0.15, 0.2) is 83.8 Å². The van der Waals surface area contributed by atoms with Crippen molar-refractivity contribution in [3.63, 3.8) is 0 Å². The van der Waals surface area contributed by atoms with Crippen molar-refractivity contribution in [3.8, 4) is 5.75 Å². The molecule has 0 radical (unpaired) electrons. The maximum absolute atomic E-state index is 13.9. The minimum Gasteiger partial charge on any atom is -0.497 e. The van der Waals surface area contributed by atoms with E-state index in [9.17, 15) is 18.0 Å². The predicted molar refractivity (Wildman–Crippen MR) is 153 cm³/mol. The summed E-state index contributed by atoms with van der Waals surface area (Å²) in [5, 5.41) is 3.04. The standard InChI is InChI=1S/C29H34ClN3O5S/c1-4-5-19-31-29(35)22(2)32(20-23-15-17-24(38-3)18-16-23)28(34)21-33(27-14-10-9-13-26(27)30)39(36,37)25-11-7-6-8-12-25/h6-18,22H,4-5,19-21H2,1-3H3,(H,31,35)/t22-/m0/s1. The molecule has 0 aromatic heterocycles. The number of rotatable bonds is 13. The number of hydrogen-bond acceptors (Lipinski definition) is 5. The lowest BCUT2D eigenvalue weighted by molar-refractivity contribution is -0.139. The van der Waals surface area contributed by atoms with Crippen LogP contribution < -0.4 is 14.4 Å². The molecule has 0 spiro atoms. The molecule has 0 heterocycles. The Morgan fingerprint density at radius 3 is 2.23 bits per heavy atom. The fraction of sp³-hybridized carbons (Fsp3) is 0.310. The molecule has 10 heteroatoms. The van der Waals surface area contributed by atoms with E-state index in [2.05, 4.69) is 5.32 Å². The Bertz CT molecular complexity index is 1350. The zero-order valence-corrected chi connectivity index (χ0v) is 23.9. The molecule has 0 aliphatic heterocycles. The van der Waals surface area contributed by atoms with Crippen LogP contribution in [0.5, 0.6) is 5.75 Å². The monoisotopic (exact) mass is 571 g/mol. The molecule has 0 aliphatic carbocycles. The van der Waals surface area contributed by atoms with Crippen LogP contribution >= 0.6 is 11.6 Å². The number of nitrogens with one attached hydrogen (secondary N) is 1. The van der Waals surface area contributed by atoms with Gasteiger partial charge in [0.2, 0.25) is 11.8 Å². The highest BCUT2D eigenvalue weighted by Gasteiger charge is 2.33. The molecule has 208 valence electrons. The fourth-order valence-corrected chi connectivity index (χ4v) is 5.68. The normalized spacial score (nSPS) is 11.9. The number of carbonyl (C=O) groups excluding carboxylic acids is 2. The molecule has 1 N–H and O–H groups in total. The summed E-state index contributed by atoms with van der Waals surface area (Å²) in [5.74, 6) is -0.218. The number of unbranched alkanes of at least 4 members (excludes halogenated alkanes) is 1. The molecule has 3 rings (SSSR count). The van der Waals surface area contributed by atoms with E-state index in [0.29, 0.717) is 12.3 Å². The van der Waals surface area contributed by atoms with Crippen molar-refractivity contribution in [2.45, 2.75) is 44.2 Å². The molecule has 0 aliphatic rings. The summed E-state index contributed by atoms with van der Waals surface area (Å²) < 4.78 is 33.7. The zero-order chi connectivity index (χ0) is 28.4. The molecule has 2 amide bonds. The first-order valence-electron chi connectivity index (χ1n) is 12.7. The fourth-order valence-electron chi connectivity index (χ4n) is 3.93. The maximum atomic E-state index is 13.9. The molecule has 0 bridgehead atoms. The molecule has 0 saturated heterocycles. The van der Waals surface area contributed by atoms with Crippen molar-refractivity contribution in [2.24, 2.45) is 0 Å². The average Bonchev–Trinajstić information content (AvgIpc) is 2.95. The summed E-state index contributed by atoms with van der Waals surface area (Å²) in [6.07, 6.45) is 1.72. The summed E-state index contributed by atoms with van der Waals surface area (Å²) in [6.45, 7) is 3.68. The molecule has 39 heavy (non-hydrogen) atoms. The van der Waals surface area contributed by atoms with Crippen molar-refractivity contribution >= 4 is 39.1 Å². The molecule has 3 aromatic rings. The summed E-state index contributed by atoms with van der Waals surface area (Å²) in [6, 6.07) is 20.6. The van der Waals surface area contributed by atoms with Crippen molar-refractivity contribution in [2.75, 3.05) is 24.5 Å². The number of halogens is 1. The van der Waals surface area contributed by atoms with Gasteiger partial charge < -0.3 is 15.0 Å². The molecular weight excluding hydrogens is 538 g/mol. The topological polar surface area (TPSA) is 96.0 Å². The van der Waals surface area contributed by atoms with Crippen LogP contribution in [0.4, 0.5) is 5.69 Å². The number of methoxy groups -OCH3 is 1. The lowest BCUT2D eigenvalue weighted by atomic mass is 10.1. The summed E-state index contributed by atoms with van der Waals surface area (Å²) in [7, 11) is -2.61. The van der Waals surface area contributed by atoms with Crippen molar-refractivity contribution < 1.29 is 22.7 Å². The third-order valence-electron chi connectivity index (χ3n) is 6.24. The largest absolute Gasteiger partial charge is 0.497 e. The molecular formula is C29H34ClN3O5S. The smallest absolute Gasteiger partial charge is 0.264 e. The minimum atomic E-state index is -4.17. The zero-order valence-electron chi connectivity index (χ0n) is 22.3. The SMILES string of the molecule is CCCCNC(=O)[C@H](C)N(Cc1ccc(OC)cc1)C(=O)CN(c1ccccc1Cl)S(=O)(=O)c1ccccc1. The van der Waals surface area contributed by atoms with Gasteiger partial charge >= 0.3 is 0 Å². The van der Waals surface area contributed by atoms with E-state index >= 15 is 0 Å². The van der Waals surface area contributed by atoms with Gasteiger partial charge in [0.15, 0.2) is 0 Å². The van der Waals surface area contributed by atoms with Gasteiger partial charge in [0.1, 0.15) is 18.3 Å². The van der Waals surface area contributed by atoms with E-state index in [1.54, 1.807) is 80.8 Å². The number of sulfonamides is 1. The third-order valence-corrected chi connectivity index (χ3v) is 8.33. The Morgan fingerprint density at radius 1 is 0.974 bits per heavy atom. The number of carbonyl (C=O) groups is 2. The lowest BCUT2D eigenvalue weighted by Gasteiger charge is -2.32. The highest BCUT2D eigenvalue weighted by Crippen LogP contribution is 2.30. The van der Waals surface area contributed by atoms with Crippen LogP contribution in [0.1, 0.15) is 32.3 Å². The molecule has 0 unspecified atom stereocenters. The Labute approximate surface area is 235 Å². The summed E-state index contributed by atoms with van der Waals surface area (Å²) >= 11 is 6.41. The molecule has 0 fully saturated rings. The van der Waals surface area contributed by atoms with E-state index in [4.69, 9.17) is 16.3 Å². The van der Waals surface area contributed by atoms with Crippen LogP contribution in [-0.2, 0) is 26.2 Å². The lowest BCUT2D eigenvalue weighted by Crippen LogP contribution is -2.51. The average molecular weight is 572 g/mol. The molecule has 3 aromatic carbocycles. The van der Waals surface area contributed by atoms with E-state index < -0.39 is 28.5 Å². The van der Waals surface area contributed by atoms with Gasteiger partial charge in [-0.15, -0.1) is 0 Å². The number of benzene rings is 3. The highest BCUT2D eigenvalue weighted by molar-refractivity contribution is 7.92. The van der Waals surface area contributed by atoms with Gasteiger partial charge in [0.05, 0.1) is 22.7 Å².